The molecule has 0 radical (unpaired) electrons. The van der Waals surface area contributed by atoms with Crippen LogP contribution in [-0.2, 0) is 6.54 Å². The summed E-state index contributed by atoms with van der Waals surface area (Å²) in [5.41, 5.74) is 2.29. The molecule has 4 heteroatoms. The van der Waals surface area contributed by atoms with E-state index < -0.39 is 0 Å². The number of imidazole rings is 1. The van der Waals surface area contributed by atoms with Gasteiger partial charge in [0.1, 0.15) is 12.1 Å². The predicted octanol–water partition coefficient (Wildman–Crippen LogP) is 2.32. The highest BCUT2D eigenvalue weighted by molar-refractivity contribution is 5.30. The number of aromatic nitrogens is 3. The average Bonchev–Trinajstić information content (AvgIpc) is 2.81. The molecule has 2 rings (SSSR count). The van der Waals surface area contributed by atoms with Crippen molar-refractivity contribution in [2.45, 2.75) is 27.3 Å². The zero-order chi connectivity index (χ0) is 13.0. The van der Waals surface area contributed by atoms with Crippen molar-refractivity contribution >= 4 is 0 Å². The summed E-state index contributed by atoms with van der Waals surface area (Å²) in [7, 11) is 0. The number of aryl methyl sites for hydroxylation is 1. The Bertz CT molecular complexity index is 489. The van der Waals surface area contributed by atoms with E-state index in [2.05, 4.69) is 41.3 Å². The minimum Gasteiger partial charge on any atom is -0.312 e. The first-order chi connectivity index (χ1) is 8.65. The van der Waals surface area contributed by atoms with Gasteiger partial charge in [-0.3, -0.25) is 4.57 Å². The number of rotatable bonds is 5. The summed E-state index contributed by atoms with van der Waals surface area (Å²) < 4.78 is 1.93. The third-order valence-electron chi connectivity index (χ3n) is 2.65. The van der Waals surface area contributed by atoms with E-state index in [0.29, 0.717) is 5.92 Å². The number of nitrogens with zero attached hydrogens (tertiary/aromatic N) is 3. The molecule has 0 saturated heterocycles. The maximum absolute atomic E-state index is 4.51. The van der Waals surface area contributed by atoms with Gasteiger partial charge in [0.25, 0.3) is 0 Å². The van der Waals surface area contributed by atoms with E-state index in [0.717, 1.165) is 24.6 Å². The maximum atomic E-state index is 4.51. The van der Waals surface area contributed by atoms with E-state index in [1.165, 1.54) is 5.56 Å². The van der Waals surface area contributed by atoms with E-state index in [4.69, 9.17) is 0 Å². The van der Waals surface area contributed by atoms with E-state index in [9.17, 15) is 0 Å². The lowest BCUT2D eigenvalue weighted by molar-refractivity contribution is 0.552. The fourth-order valence-corrected chi connectivity index (χ4v) is 1.86. The molecule has 0 aliphatic rings. The molecule has 0 aliphatic carbocycles. The van der Waals surface area contributed by atoms with Crippen LogP contribution >= 0.6 is 0 Å². The Kier molecular flexibility index (Phi) is 4.10. The third kappa shape index (κ3) is 3.40. The van der Waals surface area contributed by atoms with E-state index in [1.807, 2.05) is 17.7 Å². The molecule has 0 fully saturated rings. The highest BCUT2D eigenvalue weighted by atomic mass is 15.1. The van der Waals surface area contributed by atoms with Crippen molar-refractivity contribution in [1.29, 1.82) is 0 Å². The average molecular weight is 244 g/mol. The second kappa shape index (κ2) is 5.78. The molecule has 2 aromatic heterocycles. The van der Waals surface area contributed by atoms with Gasteiger partial charge in [-0.1, -0.05) is 13.8 Å². The molecule has 0 unspecified atom stereocenters. The zero-order valence-electron chi connectivity index (χ0n) is 11.2. The van der Waals surface area contributed by atoms with Crippen LogP contribution < -0.4 is 5.32 Å². The maximum Gasteiger partial charge on any atom is 0.138 e. The lowest BCUT2D eigenvalue weighted by Gasteiger charge is -2.10. The molecule has 0 amide bonds. The summed E-state index contributed by atoms with van der Waals surface area (Å²) in [4.78, 5) is 8.57. The molecule has 2 heterocycles. The summed E-state index contributed by atoms with van der Waals surface area (Å²) in [6, 6.07) is 4.22. The Balaban J connectivity index is 2.12. The van der Waals surface area contributed by atoms with Gasteiger partial charge >= 0.3 is 0 Å². The third-order valence-corrected chi connectivity index (χ3v) is 2.65. The van der Waals surface area contributed by atoms with Crippen molar-refractivity contribution < 1.29 is 0 Å². The van der Waals surface area contributed by atoms with Gasteiger partial charge in [-0.25, -0.2) is 9.97 Å². The highest BCUT2D eigenvalue weighted by Crippen LogP contribution is 2.10. The van der Waals surface area contributed by atoms with Gasteiger partial charge in [0, 0.05) is 24.6 Å². The standard InChI is InChI=1S/C14H20N4/c1-11(2)8-16-9-13-6-12(3)17-14(7-13)18-5-4-15-10-18/h4-7,10-11,16H,8-9H2,1-3H3. The van der Waals surface area contributed by atoms with Crippen LogP contribution in [0.15, 0.2) is 30.9 Å². The molecule has 0 aromatic carbocycles. The lowest BCUT2D eigenvalue weighted by Crippen LogP contribution is -2.19. The molecular formula is C14H20N4. The number of pyridine rings is 1. The van der Waals surface area contributed by atoms with Crippen molar-refractivity contribution in [3.05, 3.63) is 42.1 Å². The molecule has 1 N–H and O–H groups in total. The molecule has 0 aliphatic heterocycles. The SMILES string of the molecule is Cc1cc(CNCC(C)C)cc(-n2ccnc2)n1. The van der Waals surface area contributed by atoms with Gasteiger partial charge in [-0.05, 0) is 37.1 Å². The Hall–Kier alpha value is -1.68. The molecule has 0 bridgehead atoms. The first-order valence-electron chi connectivity index (χ1n) is 6.32. The summed E-state index contributed by atoms with van der Waals surface area (Å²) in [5.74, 6) is 1.59. The normalized spacial score (nSPS) is 11.1. The largest absolute Gasteiger partial charge is 0.312 e. The number of hydrogen-bond acceptors (Lipinski definition) is 3. The summed E-state index contributed by atoms with van der Waals surface area (Å²) in [6.07, 6.45) is 5.45. The van der Waals surface area contributed by atoms with Crippen LogP contribution in [0.2, 0.25) is 0 Å². The molecule has 0 atom stereocenters. The Labute approximate surface area is 108 Å². The Morgan fingerprint density at radius 3 is 2.83 bits per heavy atom. The van der Waals surface area contributed by atoms with Gasteiger partial charge in [-0.15, -0.1) is 0 Å². The van der Waals surface area contributed by atoms with Crippen LogP contribution in [0.1, 0.15) is 25.1 Å². The summed E-state index contributed by atoms with van der Waals surface area (Å²) in [6.45, 7) is 8.35. The van der Waals surface area contributed by atoms with Crippen molar-refractivity contribution in [3.8, 4) is 5.82 Å². The molecule has 0 saturated carbocycles. The molecule has 2 aromatic rings. The number of nitrogens with one attached hydrogen (secondary N) is 1. The van der Waals surface area contributed by atoms with E-state index in [-0.39, 0.29) is 0 Å². The van der Waals surface area contributed by atoms with Crippen molar-refractivity contribution in [2.75, 3.05) is 6.54 Å². The molecule has 0 spiro atoms. The minimum atomic E-state index is 0.668. The lowest BCUT2D eigenvalue weighted by atomic mass is 10.2. The van der Waals surface area contributed by atoms with Gasteiger partial charge in [-0.2, -0.15) is 0 Å². The van der Waals surface area contributed by atoms with Gasteiger partial charge < -0.3 is 5.32 Å². The summed E-state index contributed by atoms with van der Waals surface area (Å²) >= 11 is 0. The molecule has 18 heavy (non-hydrogen) atoms. The van der Waals surface area contributed by atoms with Crippen LogP contribution in [0.5, 0.6) is 0 Å². The highest BCUT2D eigenvalue weighted by Gasteiger charge is 2.02. The van der Waals surface area contributed by atoms with Gasteiger partial charge in [0.15, 0.2) is 0 Å². The van der Waals surface area contributed by atoms with Crippen LogP contribution in [0, 0.1) is 12.8 Å². The fourth-order valence-electron chi connectivity index (χ4n) is 1.86. The molecule has 96 valence electrons. The van der Waals surface area contributed by atoms with Crippen LogP contribution in [0.4, 0.5) is 0 Å². The van der Waals surface area contributed by atoms with Crippen molar-refractivity contribution in [1.82, 2.24) is 19.9 Å². The minimum absolute atomic E-state index is 0.668. The smallest absolute Gasteiger partial charge is 0.138 e. The Morgan fingerprint density at radius 2 is 2.17 bits per heavy atom. The van der Waals surface area contributed by atoms with Crippen LogP contribution in [0.3, 0.4) is 0 Å². The van der Waals surface area contributed by atoms with Crippen LogP contribution in [0.25, 0.3) is 5.82 Å². The van der Waals surface area contributed by atoms with Gasteiger partial charge in [0.2, 0.25) is 0 Å². The second-order valence-corrected chi connectivity index (χ2v) is 4.97. The predicted molar refractivity (Wildman–Crippen MR) is 72.6 cm³/mol. The zero-order valence-corrected chi connectivity index (χ0v) is 11.2. The molecular weight excluding hydrogens is 224 g/mol. The van der Waals surface area contributed by atoms with Crippen molar-refractivity contribution in [2.24, 2.45) is 5.92 Å². The fraction of sp³-hybridized carbons (Fsp3) is 0.429. The van der Waals surface area contributed by atoms with E-state index >= 15 is 0 Å². The second-order valence-electron chi connectivity index (χ2n) is 4.97. The topological polar surface area (TPSA) is 42.7 Å². The first kappa shape index (κ1) is 12.8. The first-order valence-corrected chi connectivity index (χ1v) is 6.32. The van der Waals surface area contributed by atoms with Gasteiger partial charge in [0.05, 0.1) is 0 Å². The quantitative estimate of drug-likeness (QED) is 0.877. The number of hydrogen-bond donors (Lipinski definition) is 1. The molecule has 4 nitrogen and oxygen atoms in total. The Morgan fingerprint density at radius 1 is 1.33 bits per heavy atom. The monoisotopic (exact) mass is 244 g/mol. The van der Waals surface area contributed by atoms with Crippen molar-refractivity contribution in [3.63, 3.8) is 0 Å². The van der Waals surface area contributed by atoms with E-state index in [1.54, 1.807) is 12.5 Å². The van der Waals surface area contributed by atoms with Crippen LogP contribution in [-0.4, -0.2) is 21.1 Å². The summed E-state index contributed by atoms with van der Waals surface area (Å²) in [5, 5.41) is 3.45.